The van der Waals surface area contributed by atoms with Crippen LogP contribution in [0.3, 0.4) is 0 Å². The topological polar surface area (TPSA) is 43.4 Å². The van der Waals surface area contributed by atoms with Crippen LogP contribution in [-0.2, 0) is 9.53 Å². The van der Waals surface area contributed by atoms with Gasteiger partial charge in [0.05, 0.1) is 6.61 Å². The van der Waals surface area contributed by atoms with Crippen molar-refractivity contribution in [3.8, 4) is 0 Å². The van der Waals surface area contributed by atoms with Gasteiger partial charge >= 0.3 is 5.97 Å². The first-order valence-corrected chi connectivity index (χ1v) is 5.50. The second-order valence-electron chi connectivity index (χ2n) is 4.15. The zero-order valence-electron chi connectivity index (χ0n) is 9.48. The van der Waals surface area contributed by atoms with Gasteiger partial charge in [0.15, 0.2) is 12.0 Å². The van der Waals surface area contributed by atoms with Crippen LogP contribution in [0.15, 0.2) is 24.3 Å². The Bertz CT molecular complexity index is 456. The fourth-order valence-corrected chi connectivity index (χ4v) is 2.11. The summed E-state index contributed by atoms with van der Waals surface area (Å²) in [5.74, 6) is -1.10. The molecule has 0 bridgehead atoms. The summed E-state index contributed by atoms with van der Waals surface area (Å²) in [4.78, 5) is 22.4. The van der Waals surface area contributed by atoms with E-state index in [0.29, 0.717) is 5.56 Å². The molecule has 2 rings (SSSR count). The van der Waals surface area contributed by atoms with Crippen LogP contribution in [0.2, 0.25) is 0 Å². The molecule has 1 aromatic rings. The first-order chi connectivity index (χ1) is 8.09. The molecule has 0 amide bonds. The van der Waals surface area contributed by atoms with Crippen molar-refractivity contribution in [2.24, 2.45) is 0 Å². The molecule has 0 spiro atoms. The van der Waals surface area contributed by atoms with Gasteiger partial charge in [-0.15, -0.1) is 0 Å². The molecule has 1 aliphatic rings. The Hall–Kier alpha value is -1.71. The molecular weight excluding hydrogens is 223 g/mol. The van der Waals surface area contributed by atoms with E-state index in [2.05, 4.69) is 0 Å². The van der Waals surface area contributed by atoms with E-state index in [-0.39, 0.29) is 18.9 Å². The van der Waals surface area contributed by atoms with E-state index in [1.54, 1.807) is 24.3 Å². The van der Waals surface area contributed by atoms with Crippen LogP contribution in [0.4, 0.5) is 4.39 Å². The van der Waals surface area contributed by atoms with E-state index in [4.69, 9.17) is 4.74 Å². The summed E-state index contributed by atoms with van der Waals surface area (Å²) >= 11 is 0. The van der Waals surface area contributed by atoms with Crippen molar-refractivity contribution in [2.45, 2.75) is 25.4 Å². The van der Waals surface area contributed by atoms with Gasteiger partial charge in [0.25, 0.3) is 0 Å². The van der Waals surface area contributed by atoms with E-state index < -0.39 is 17.9 Å². The van der Waals surface area contributed by atoms with Crippen LogP contribution in [0.1, 0.15) is 35.2 Å². The van der Waals surface area contributed by atoms with Crippen LogP contribution in [0.25, 0.3) is 0 Å². The first-order valence-electron chi connectivity index (χ1n) is 5.50. The highest BCUT2D eigenvalue weighted by Gasteiger charge is 2.33. The zero-order chi connectivity index (χ0) is 12.4. The van der Waals surface area contributed by atoms with Crippen molar-refractivity contribution >= 4 is 11.8 Å². The van der Waals surface area contributed by atoms with E-state index >= 15 is 0 Å². The van der Waals surface area contributed by atoms with Crippen LogP contribution in [-0.4, -0.2) is 24.5 Å². The maximum absolute atomic E-state index is 13.5. The fourth-order valence-electron chi connectivity index (χ4n) is 2.11. The number of ketones is 1. The number of Topliss-reactive ketones (excluding diaryl/α,β-unsaturated/α-hetero) is 1. The lowest BCUT2D eigenvalue weighted by atomic mass is 9.81. The molecule has 3 nitrogen and oxygen atoms in total. The molecule has 0 N–H and O–H groups in total. The van der Waals surface area contributed by atoms with Gasteiger partial charge in [0.2, 0.25) is 0 Å². The van der Waals surface area contributed by atoms with E-state index in [1.165, 1.54) is 6.92 Å². The van der Waals surface area contributed by atoms with Crippen molar-refractivity contribution in [3.05, 3.63) is 35.4 Å². The monoisotopic (exact) mass is 236 g/mol. The second-order valence-corrected chi connectivity index (χ2v) is 4.15. The minimum atomic E-state index is -1.49. The minimum absolute atomic E-state index is 0.0864. The van der Waals surface area contributed by atoms with Crippen molar-refractivity contribution in [1.29, 1.82) is 0 Å². The number of hydrogen-bond acceptors (Lipinski definition) is 3. The van der Waals surface area contributed by atoms with Gasteiger partial charge in [-0.05, 0) is 12.0 Å². The lowest BCUT2D eigenvalue weighted by Crippen LogP contribution is -2.29. The summed E-state index contributed by atoms with van der Waals surface area (Å²) < 4.78 is 18.4. The minimum Gasteiger partial charge on any atom is -0.465 e. The van der Waals surface area contributed by atoms with Gasteiger partial charge in [0.1, 0.15) is 0 Å². The molecule has 0 fully saturated rings. The van der Waals surface area contributed by atoms with Crippen LogP contribution >= 0.6 is 0 Å². The Balaban J connectivity index is 2.27. The molecule has 0 saturated carbocycles. The van der Waals surface area contributed by atoms with Gasteiger partial charge < -0.3 is 4.74 Å². The molecule has 4 heteroatoms. The van der Waals surface area contributed by atoms with E-state index in [0.717, 1.165) is 5.56 Å². The van der Waals surface area contributed by atoms with E-state index in [9.17, 15) is 14.0 Å². The Morgan fingerprint density at radius 1 is 1.47 bits per heavy atom. The molecule has 0 heterocycles. The van der Waals surface area contributed by atoms with Crippen LogP contribution < -0.4 is 0 Å². The smallest absolute Gasteiger partial charge is 0.302 e. The number of carbonyl (C=O) groups excluding carboxylic acids is 2. The lowest BCUT2D eigenvalue weighted by Gasteiger charge is -2.26. The summed E-state index contributed by atoms with van der Waals surface area (Å²) in [5, 5.41) is 0. The van der Waals surface area contributed by atoms with E-state index in [1.807, 2.05) is 0 Å². The second kappa shape index (κ2) is 4.65. The number of halogens is 1. The molecule has 1 aromatic carbocycles. The Morgan fingerprint density at radius 3 is 2.88 bits per heavy atom. The molecule has 17 heavy (non-hydrogen) atoms. The number of carbonyl (C=O) groups is 2. The maximum Gasteiger partial charge on any atom is 0.302 e. The van der Waals surface area contributed by atoms with Gasteiger partial charge in [-0.25, -0.2) is 4.39 Å². The molecule has 2 atom stereocenters. The average molecular weight is 236 g/mol. The molecule has 0 radical (unpaired) electrons. The van der Waals surface area contributed by atoms with Crippen molar-refractivity contribution in [2.75, 3.05) is 6.61 Å². The summed E-state index contributed by atoms with van der Waals surface area (Å²) in [7, 11) is 0. The summed E-state index contributed by atoms with van der Waals surface area (Å²) in [5.41, 5.74) is 1.18. The predicted molar refractivity (Wildman–Crippen MR) is 59.7 cm³/mol. The van der Waals surface area contributed by atoms with Crippen molar-refractivity contribution in [1.82, 2.24) is 0 Å². The average Bonchev–Trinajstić information content (AvgIpc) is 2.32. The predicted octanol–water partition coefficient (Wildman–Crippen LogP) is 2.26. The Morgan fingerprint density at radius 2 is 2.18 bits per heavy atom. The molecular formula is C13H13FO3. The maximum atomic E-state index is 13.5. The van der Waals surface area contributed by atoms with Gasteiger partial charge in [-0.1, -0.05) is 24.3 Å². The summed E-state index contributed by atoms with van der Waals surface area (Å²) in [6.45, 7) is 1.44. The van der Waals surface area contributed by atoms with Crippen LogP contribution in [0, 0.1) is 0 Å². The summed E-state index contributed by atoms with van der Waals surface area (Å²) in [6.07, 6.45) is -1.41. The Labute approximate surface area is 98.6 Å². The number of fused-ring (bicyclic) bond motifs is 1. The molecule has 1 aliphatic carbocycles. The van der Waals surface area contributed by atoms with Crippen molar-refractivity contribution in [3.63, 3.8) is 0 Å². The standard InChI is InChI=1S/C13H13FO3/c1-8(15)17-7-9-6-12(14)13(16)11-5-3-2-4-10(9)11/h2-5,9,12H,6-7H2,1H3. The van der Waals surface area contributed by atoms with Gasteiger partial charge in [-0.2, -0.15) is 0 Å². The largest absolute Gasteiger partial charge is 0.465 e. The normalized spacial score (nSPS) is 23.1. The number of alkyl halides is 1. The Kier molecular flexibility index (Phi) is 3.22. The SMILES string of the molecule is CC(=O)OCC1CC(F)C(=O)c2ccccc21. The summed E-state index contributed by atoms with van der Waals surface area (Å²) in [6, 6.07) is 6.90. The molecule has 2 unspecified atom stereocenters. The molecule has 0 aromatic heterocycles. The third kappa shape index (κ3) is 2.35. The van der Waals surface area contributed by atoms with Gasteiger partial charge in [0, 0.05) is 18.4 Å². The molecule has 0 aliphatic heterocycles. The molecule has 0 saturated heterocycles. The number of esters is 1. The van der Waals surface area contributed by atoms with Crippen molar-refractivity contribution < 1.29 is 18.7 Å². The third-order valence-corrected chi connectivity index (χ3v) is 2.93. The lowest BCUT2D eigenvalue weighted by molar-refractivity contribution is -0.141. The number of hydrogen-bond donors (Lipinski definition) is 0. The fraction of sp³-hybridized carbons (Fsp3) is 0.385. The van der Waals surface area contributed by atoms with Crippen LogP contribution in [0.5, 0.6) is 0 Å². The first kappa shape index (κ1) is 11.8. The number of ether oxygens (including phenoxy) is 1. The number of rotatable bonds is 2. The highest BCUT2D eigenvalue weighted by molar-refractivity contribution is 6.02. The van der Waals surface area contributed by atoms with Gasteiger partial charge in [-0.3, -0.25) is 9.59 Å². The molecule has 90 valence electrons. The highest BCUT2D eigenvalue weighted by atomic mass is 19.1. The zero-order valence-corrected chi connectivity index (χ0v) is 9.48. The quantitative estimate of drug-likeness (QED) is 0.740. The highest BCUT2D eigenvalue weighted by Crippen LogP contribution is 2.33. The third-order valence-electron chi connectivity index (χ3n) is 2.93. The number of benzene rings is 1.